The largest absolute Gasteiger partial charge is 0.493 e. The Balaban J connectivity index is 2.43. The minimum Gasteiger partial charge on any atom is -0.493 e. The standard InChI is InChI=1S/C12H13BrO2/c1-8(14)5-10-7-11(13)6-9-3-2-4-15-12(9)10/h6-7H,2-5H2,1H3. The highest BCUT2D eigenvalue weighted by atomic mass is 79.9. The second-order valence-electron chi connectivity index (χ2n) is 3.88. The van der Waals surface area contributed by atoms with Crippen molar-refractivity contribution in [2.45, 2.75) is 26.2 Å². The van der Waals surface area contributed by atoms with Gasteiger partial charge in [0, 0.05) is 16.5 Å². The highest BCUT2D eigenvalue weighted by molar-refractivity contribution is 9.10. The maximum Gasteiger partial charge on any atom is 0.134 e. The van der Waals surface area contributed by atoms with Gasteiger partial charge in [-0.1, -0.05) is 15.9 Å². The van der Waals surface area contributed by atoms with Crippen LogP contribution in [0.5, 0.6) is 5.75 Å². The molecule has 0 N–H and O–H groups in total. The van der Waals surface area contributed by atoms with E-state index in [2.05, 4.69) is 22.0 Å². The molecule has 0 bridgehead atoms. The second kappa shape index (κ2) is 4.35. The van der Waals surface area contributed by atoms with E-state index in [1.54, 1.807) is 6.92 Å². The van der Waals surface area contributed by atoms with Crippen LogP contribution in [0.15, 0.2) is 16.6 Å². The smallest absolute Gasteiger partial charge is 0.134 e. The molecule has 3 heteroatoms. The first-order valence-electron chi connectivity index (χ1n) is 5.10. The van der Waals surface area contributed by atoms with Gasteiger partial charge in [-0.05, 0) is 37.5 Å². The number of hydrogen-bond donors (Lipinski definition) is 0. The van der Waals surface area contributed by atoms with Crippen LogP contribution in [-0.4, -0.2) is 12.4 Å². The summed E-state index contributed by atoms with van der Waals surface area (Å²) in [5.41, 5.74) is 2.22. The molecule has 1 aliphatic rings. The molecule has 0 spiro atoms. The third kappa shape index (κ3) is 2.40. The Morgan fingerprint density at radius 1 is 1.53 bits per heavy atom. The molecule has 0 aliphatic carbocycles. The molecule has 80 valence electrons. The minimum absolute atomic E-state index is 0.171. The lowest BCUT2D eigenvalue weighted by Crippen LogP contribution is -2.11. The molecule has 0 atom stereocenters. The molecule has 0 amide bonds. The Morgan fingerprint density at radius 3 is 3.07 bits per heavy atom. The first-order valence-corrected chi connectivity index (χ1v) is 5.89. The van der Waals surface area contributed by atoms with E-state index in [0.29, 0.717) is 6.42 Å². The van der Waals surface area contributed by atoms with Crippen LogP contribution >= 0.6 is 15.9 Å². The molecule has 1 aliphatic heterocycles. The molecule has 0 unspecified atom stereocenters. The van der Waals surface area contributed by atoms with Gasteiger partial charge in [-0.3, -0.25) is 4.79 Å². The average Bonchev–Trinajstić information content (AvgIpc) is 2.16. The van der Waals surface area contributed by atoms with Crippen molar-refractivity contribution >= 4 is 21.7 Å². The molecule has 1 heterocycles. The molecule has 0 aromatic heterocycles. The number of halogens is 1. The van der Waals surface area contributed by atoms with E-state index in [9.17, 15) is 4.79 Å². The Labute approximate surface area is 97.8 Å². The number of ether oxygens (including phenoxy) is 1. The molecular weight excluding hydrogens is 256 g/mol. The zero-order valence-electron chi connectivity index (χ0n) is 8.68. The van der Waals surface area contributed by atoms with Crippen molar-refractivity contribution < 1.29 is 9.53 Å². The van der Waals surface area contributed by atoms with Gasteiger partial charge in [-0.25, -0.2) is 0 Å². The molecule has 2 nitrogen and oxygen atoms in total. The van der Waals surface area contributed by atoms with Gasteiger partial charge in [0.25, 0.3) is 0 Å². The molecule has 0 radical (unpaired) electrons. The number of carbonyl (C=O) groups is 1. The zero-order valence-corrected chi connectivity index (χ0v) is 10.3. The van der Waals surface area contributed by atoms with Crippen LogP contribution in [0.3, 0.4) is 0 Å². The summed E-state index contributed by atoms with van der Waals surface area (Å²) in [4.78, 5) is 11.1. The number of rotatable bonds is 2. The number of carbonyl (C=O) groups excluding carboxylic acids is 1. The van der Waals surface area contributed by atoms with Crippen LogP contribution in [0.4, 0.5) is 0 Å². The normalized spacial score (nSPS) is 14.3. The number of benzene rings is 1. The van der Waals surface area contributed by atoms with E-state index >= 15 is 0 Å². The van der Waals surface area contributed by atoms with Crippen molar-refractivity contribution in [2.24, 2.45) is 0 Å². The lowest BCUT2D eigenvalue weighted by atomic mass is 10.00. The maximum absolute atomic E-state index is 11.1. The third-order valence-corrected chi connectivity index (χ3v) is 2.94. The van der Waals surface area contributed by atoms with Crippen LogP contribution in [0.1, 0.15) is 24.5 Å². The van der Waals surface area contributed by atoms with Gasteiger partial charge in [0.2, 0.25) is 0 Å². The van der Waals surface area contributed by atoms with Gasteiger partial charge in [-0.15, -0.1) is 0 Å². The number of hydrogen-bond acceptors (Lipinski definition) is 2. The van der Waals surface area contributed by atoms with Crippen LogP contribution in [-0.2, 0) is 17.6 Å². The van der Waals surface area contributed by atoms with Gasteiger partial charge in [-0.2, -0.15) is 0 Å². The van der Waals surface area contributed by atoms with E-state index in [1.165, 1.54) is 5.56 Å². The van der Waals surface area contributed by atoms with E-state index in [1.807, 2.05) is 6.07 Å². The summed E-state index contributed by atoms with van der Waals surface area (Å²) in [6, 6.07) is 4.06. The Morgan fingerprint density at radius 2 is 2.33 bits per heavy atom. The summed E-state index contributed by atoms with van der Waals surface area (Å²) in [6.07, 6.45) is 2.56. The molecule has 0 fully saturated rings. The summed E-state index contributed by atoms with van der Waals surface area (Å²) >= 11 is 3.46. The van der Waals surface area contributed by atoms with Crippen LogP contribution in [0, 0.1) is 0 Å². The minimum atomic E-state index is 0.171. The lowest BCUT2D eigenvalue weighted by Gasteiger charge is -2.20. The number of aryl methyl sites for hydroxylation is 1. The van der Waals surface area contributed by atoms with Crippen LogP contribution in [0.2, 0.25) is 0 Å². The van der Waals surface area contributed by atoms with Crippen molar-refractivity contribution in [3.63, 3.8) is 0 Å². The first-order chi connectivity index (χ1) is 7.16. The SMILES string of the molecule is CC(=O)Cc1cc(Br)cc2c1OCCC2. The van der Waals surface area contributed by atoms with E-state index in [-0.39, 0.29) is 5.78 Å². The number of fused-ring (bicyclic) bond motifs is 1. The van der Waals surface area contributed by atoms with Gasteiger partial charge in [0.05, 0.1) is 6.61 Å². The van der Waals surface area contributed by atoms with Gasteiger partial charge >= 0.3 is 0 Å². The van der Waals surface area contributed by atoms with Crippen molar-refractivity contribution in [3.05, 3.63) is 27.7 Å². The highest BCUT2D eigenvalue weighted by Crippen LogP contribution is 2.32. The fraction of sp³-hybridized carbons (Fsp3) is 0.417. The van der Waals surface area contributed by atoms with Gasteiger partial charge in [0.15, 0.2) is 0 Å². The topological polar surface area (TPSA) is 26.3 Å². The number of Topliss-reactive ketones (excluding diaryl/α,β-unsaturated/α-hetero) is 1. The van der Waals surface area contributed by atoms with Crippen molar-refractivity contribution in [1.82, 2.24) is 0 Å². The van der Waals surface area contributed by atoms with Crippen LogP contribution < -0.4 is 4.74 Å². The quantitative estimate of drug-likeness (QED) is 0.825. The Hall–Kier alpha value is -0.830. The van der Waals surface area contributed by atoms with Crippen molar-refractivity contribution in [3.8, 4) is 5.75 Å². The summed E-state index contributed by atoms with van der Waals surface area (Å²) in [5.74, 6) is 1.10. The van der Waals surface area contributed by atoms with E-state index in [4.69, 9.17) is 4.74 Å². The summed E-state index contributed by atoms with van der Waals surface area (Å²) < 4.78 is 6.67. The second-order valence-corrected chi connectivity index (χ2v) is 4.80. The molecule has 0 saturated carbocycles. The Bertz CT molecular complexity index is 399. The summed E-state index contributed by atoms with van der Waals surface area (Å²) in [7, 11) is 0. The monoisotopic (exact) mass is 268 g/mol. The molecule has 15 heavy (non-hydrogen) atoms. The highest BCUT2D eigenvalue weighted by Gasteiger charge is 2.16. The van der Waals surface area contributed by atoms with Gasteiger partial charge in [0.1, 0.15) is 11.5 Å². The average molecular weight is 269 g/mol. The number of ketones is 1. The van der Waals surface area contributed by atoms with Crippen molar-refractivity contribution in [2.75, 3.05) is 6.61 Å². The van der Waals surface area contributed by atoms with Crippen molar-refractivity contribution in [1.29, 1.82) is 0 Å². The third-order valence-electron chi connectivity index (χ3n) is 2.48. The predicted octanol–water partition coefficient (Wildman–Crippen LogP) is 2.91. The first kappa shape index (κ1) is 10.7. The van der Waals surface area contributed by atoms with E-state index < -0.39 is 0 Å². The Kier molecular flexibility index (Phi) is 3.10. The molecule has 1 aromatic rings. The van der Waals surface area contributed by atoms with Crippen LogP contribution in [0.25, 0.3) is 0 Å². The molecule has 2 rings (SSSR count). The molecular formula is C12H13BrO2. The van der Waals surface area contributed by atoms with E-state index in [0.717, 1.165) is 35.2 Å². The fourth-order valence-electron chi connectivity index (χ4n) is 1.92. The molecule has 0 saturated heterocycles. The fourth-order valence-corrected chi connectivity index (χ4v) is 2.47. The molecule has 1 aromatic carbocycles. The zero-order chi connectivity index (χ0) is 10.8. The lowest BCUT2D eigenvalue weighted by molar-refractivity contribution is -0.116. The summed E-state index contributed by atoms with van der Waals surface area (Å²) in [6.45, 7) is 2.37. The van der Waals surface area contributed by atoms with Gasteiger partial charge < -0.3 is 4.74 Å². The predicted molar refractivity (Wildman–Crippen MR) is 62.3 cm³/mol. The summed E-state index contributed by atoms with van der Waals surface area (Å²) in [5, 5.41) is 0. The maximum atomic E-state index is 11.1.